The quantitative estimate of drug-likeness (QED) is 0.508. The average molecular weight is 398 g/mol. The van der Waals surface area contributed by atoms with Crippen LogP contribution in [0.3, 0.4) is 0 Å². The molecular formula is C24H22N4O2. The molecule has 1 amide bonds. The van der Waals surface area contributed by atoms with E-state index in [2.05, 4.69) is 15.3 Å². The number of carbonyl (C=O) groups excluding carboxylic acids is 1. The molecule has 30 heavy (non-hydrogen) atoms. The molecule has 1 aliphatic carbocycles. The summed E-state index contributed by atoms with van der Waals surface area (Å²) >= 11 is 0. The van der Waals surface area contributed by atoms with Gasteiger partial charge in [-0.1, -0.05) is 18.2 Å². The van der Waals surface area contributed by atoms with E-state index >= 15 is 0 Å². The van der Waals surface area contributed by atoms with Gasteiger partial charge in [-0.05, 0) is 60.7 Å². The molecule has 6 nitrogen and oxygen atoms in total. The Labute approximate surface area is 174 Å². The summed E-state index contributed by atoms with van der Waals surface area (Å²) in [6.45, 7) is 1.16. The molecule has 0 radical (unpaired) electrons. The number of imidazole rings is 1. The maximum atomic E-state index is 12.5. The van der Waals surface area contributed by atoms with Crippen molar-refractivity contribution >= 4 is 16.9 Å². The van der Waals surface area contributed by atoms with E-state index in [1.807, 2.05) is 65.2 Å². The third-order valence-corrected chi connectivity index (χ3v) is 5.28. The minimum Gasteiger partial charge on any atom is -0.477 e. The van der Waals surface area contributed by atoms with Crippen LogP contribution in [0, 0.1) is 5.92 Å². The Morgan fingerprint density at radius 1 is 1.03 bits per heavy atom. The normalized spacial score (nSPS) is 13.3. The van der Waals surface area contributed by atoms with Crippen LogP contribution in [0.2, 0.25) is 0 Å². The first kappa shape index (κ1) is 18.4. The van der Waals surface area contributed by atoms with Crippen LogP contribution in [0.4, 0.5) is 0 Å². The van der Waals surface area contributed by atoms with Crippen molar-refractivity contribution in [2.75, 3.05) is 6.61 Å². The van der Waals surface area contributed by atoms with Gasteiger partial charge in [0.2, 0.25) is 5.88 Å². The van der Waals surface area contributed by atoms with Crippen molar-refractivity contribution in [3.05, 3.63) is 84.3 Å². The van der Waals surface area contributed by atoms with Crippen molar-refractivity contribution in [1.29, 1.82) is 0 Å². The second-order valence-corrected chi connectivity index (χ2v) is 7.59. The summed E-state index contributed by atoms with van der Waals surface area (Å²) < 4.78 is 7.65. The fourth-order valence-electron chi connectivity index (χ4n) is 3.31. The molecule has 0 atom stereocenters. The maximum Gasteiger partial charge on any atom is 0.251 e. The van der Waals surface area contributed by atoms with Gasteiger partial charge < -0.3 is 10.1 Å². The number of nitrogens with one attached hydrogen (secondary N) is 1. The molecule has 2 aromatic heterocycles. The highest BCUT2D eigenvalue weighted by Crippen LogP contribution is 2.29. The first-order valence-electron chi connectivity index (χ1n) is 10.1. The van der Waals surface area contributed by atoms with E-state index in [4.69, 9.17) is 4.74 Å². The molecule has 0 saturated heterocycles. The van der Waals surface area contributed by atoms with Gasteiger partial charge in [-0.25, -0.2) is 9.97 Å². The van der Waals surface area contributed by atoms with Gasteiger partial charge in [0.25, 0.3) is 5.91 Å². The summed E-state index contributed by atoms with van der Waals surface area (Å²) in [4.78, 5) is 21.2. The van der Waals surface area contributed by atoms with Crippen LogP contribution in [0.15, 0.2) is 73.2 Å². The minimum atomic E-state index is -0.119. The number of pyridine rings is 1. The lowest BCUT2D eigenvalue weighted by Crippen LogP contribution is -2.22. The first-order valence-corrected chi connectivity index (χ1v) is 10.1. The van der Waals surface area contributed by atoms with E-state index in [-0.39, 0.29) is 5.91 Å². The number of amides is 1. The highest BCUT2D eigenvalue weighted by atomic mass is 16.5. The van der Waals surface area contributed by atoms with Crippen LogP contribution in [-0.4, -0.2) is 27.0 Å². The van der Waals surface area contributed by atoms with E-state index in [0.29, 0.717) is 23.9 Å². The Morgan fingerprint density at radius 2 is 1.87 bits per heavy atom. The van der Waals surface area contributed by atoms with E-state index in [9.17, 15) is 4.79 Å². The van der Waals surface area contributed by atoms with Crippen molar-refractivity contribution in [3.8, 4) is 11.6 Å². The Morgan fingerprint density at radius 3 is 2.63 bits per heavy atom. The van der Waals surface area contributed by atoms with E-state index in [1.54, 1.807) is 12.5 Å². The number of para-hydroxylation sites is 2. The molecule has 6 heteroatoms. The molecule has 0 bridgehead atoms. The molecule has 1 N–H and O–H groups in total. The fraction of sp³-hybridized carbons (Fsp3) is 0.208. The third-order valence-electron chi connectivity index (χ3n) is 5.28. The van der Waals surface area contributed by atoms with E-state index < -0.39 is 0 Å². The molecule has 0 aliphatic heterocycles. The number of nitrogens with zero attached hydrogens (tertiary/aromatic N) is 3. The summed E-state index contributed by atoms with van der Waals surface area (Å²) in [5.74, 6) is 1.22. The van der Waals surface area contributed by atoms with Crippen LogP contribution in [0.5, 0.6) is 5.88 Å². The van der Waals surface area contributed by atoms with Crippen LogP contribution in [-0.2, 0) is 6.54 Å². The molecule has 0 spiro atoms. The van der Waals surface area contributed by atoms with Crippen LogP contribution < -0.4 is 10.1 Å². The van der Waals surface area contributed by atoms with Gasteiger partial charge in [0.05, 0.1) is 17.6 Å². The van der Waals surface area contributed by atoms with Crippen molar-refractivity contribution in [1.82, 2.24) is 19.9 Å². The van der Waals surface area contributed by atoms with Crippen LogP contribution >= 0.6 is 0 Å². The summed E-state index contributed by atoms with van der Waals surface area (Å²) in [5.41, 5.74) is 4.49. The molecular weight excluding hydrogens is 376 g/mol. The molecule has 0 unspecified atom stereocenters. The van der Waals surface area contributed by atoms with Gasteiger partial charge >= 0.3 is 0 Å². The number of carbonyl (C=O) groups is 1. The largest absolute Gasteiger partial charge is 0.477 e. The average Bonchev–Trinajstić information content (AvgIpc) is 3.53. The zero-order chi connectivity index (χ0) is 20.3. The predicted molar refractivity (Wildman–Crippen MR) is 115 cm³/mol. The topological polar surface area (TPSA) is 69.0 Å². The Bertz CT molecular complexity index is 1160. The molecule has 4 aromatic rings. The predicted octanol–water partition coefficient (Wildman–Crippen LogP) is 4.14. The second kappa shape index (κ2) is 7.99. The molecule has 2 aromatic carbocycles. The lowest BCUT2D eigenvalue weighted by Gasteiger charge is -2.08. The standard InChI is InChI=1S/C24H22N4O2/c29-24(26-14-18-7-12-23(25-13-18)30-15-17-5-6-17)19-8-10-20(11-9-19)28-16-27-21-3-1-2-4-22(21)28/h1-4,7-13,16-17H,5-6,14-15H2,(H,26,29). The van der Waals surface area contributed by atoms with Crippen molar-refractivity contribution in [2.45, 2.75) is 19.4 Å². The van der Waals surface area contributed by atoms with Crippen LogP contribution in [0.1, 0.15) is 28.8 Å². The fourth-order valence-corrected chi connectivity index (χ4v) is 3.31. The number of hydrogen-bond donors (Lipinski definition) is 1. The number of benzene rings is 2. The van der Waals surface area contributed by atoms with Crippen molar-refractivity contribution in [2.24, 2.45) is 5.92 Å². The van der Waals surface area contributed by atoms with Gasteiger partial charge in [-0.15, -0.1) is 0 Å². The van der Waals surface area contributed by atoms with Gasteiger partial charge in [0, 0.05) is 30.1 Å². The number of ether oxygens (including phenoxy) is 1. The summed E-state index contributed by atoms with van der Waals surface area (Å²) in [6, 6.07) is 19.3. The summed E-state index contributed by atoms with van der Waals surface area (Å²) in [6.07, 6.45) is 6.05. The number of fused-ring (bicyclic) bond motifs is 1. The van der Waals surface area contributed by atoms with Gasteiger partial charge in [0.15, 0.2) is 0 Å². The smallest absolute Gasteiger partial charge is 0.251 e. The molecule has 1 fully saturated rings. The molecule has 150 valence electrons. The van der Waals surface area contributed by atoms with Crippen molar-refractivity contribution in [3.63, 3.8) is 0 Å². The maximum absolute atomic E-state index is 12.5. The minimum absolute atomic E-state index is 0.119. The highest BCUT2D eigenvalue weighted by Gasteiger charge is 2.22. The van der Waals surface area contributed by atoms with E-state index in [1.165, 1.54) is 12.8 Å². The molecule has 2 heterocycles. The van der Waals surface area contributed by atoms with Gasteiger partial charge in [0.1, 0.15) is 6.33 Å². The number of hydrogen-bond acceptors (Lipinski definition) is 4. The Balaban J connectivity index is 1.20. The lowest BCUT2D eigenvalue weighted by molar-refractivity contribution is 0.0951. The first-order chi connectivity index (χ1) is 14.8. The molecule has 1 saturated carbocycles. The second-order valence-electron chi connectivity index (χ2n) is 7.59. The highest BCUT2D eigenvalue weighted by molar-refractivity contribution is 5.94. The number of aromatic nitrogens is 3. The van der Waals surface area contributed by atoms with Gasteiger partial charge in [-0.3, -0.25) is 9.36 Å². The molecule has 1 aliphatic rings. The zero-order valence-corrected chi connectivity index (χ0v) is 16.5. The Hall–Kier alpha value is -3.67. The summed E-state index contributed by atoms with van der Waals surface area (Å²) in [5, 5.41) is 2.94. The van der Waals surface area contributed by atoms with Crippen molar-refractivity contribution < 1.29 is 9.53 Å². The van der Waals surface area contributed by atoms with Gasteiger partial charge in [-0.2, -0.15) is 0 Å². The number of rotatable bonds is 7. The summed E-state index contributed by atoms with van der Waals surface area (Å²) in [7, 11) is 0. The lowest BCUT2D eigenvalue weighted by atomic mass is 10.2. The Kier molecular flexibility index (Phi) is 4.89. The van der Waals surface area contributed by atoms with E-state index in [0.717, 1.165) is 28.9 Å². The zero-order valence-electron chi connectivity index (χ0n) is 16.5. The van der Waals surface area contributed by atoms with Crippen LogP contribution in [0.25, 0.3) is 16.7 Å². The third kappa shape index (κ3) is 4.03. The monoisotopic (exact) mass is 398 g/mol. The molecule has 5 rings (SSSR count). The SMILES string of the molecule is O=C(NCc1ccc(OCC2CC2)nc1)c1ccc(-n2cnc3ccccc32)cc1.